The second-order valence-electron chi connectivity index (χ2n) is 8.57. The summed E-state index contributed by atoms with van der Waals surface area (Å²) in [6, 6.07) is 0.419. The van der Waals surface area contributed by atoms with Gasteiger partial charge in [0, 0.05) is 24.5 Å². The monoisotopic (exact) mass is 414 g/mol. The van der Waals surface area contributed by atoms with Gasteiger partial charge in [-0.1, -0.05) is 11.6 Å². The molecule has 2 aromatic heterocycles. The molecular formula is C20H23ClN6O2. The Labute approximate surface area is 174 Å². The molecule has 8 nitrogen and oxygen atoms in total. The zero-order valence-electron chi connectivity index (χ0n) is 16.3. The lowest BCUT2D eigenvalue weighted by atomic mass is 9.61. The van der Waals surface area contributed by atoms with Crippen LogP contribution in [0.5, 0.6) is 5.88 Å². The molecule has 3 aliphatic rings. The average Bonchev–Trinajstić information content (AvgIpc) is 2.94. The van der Waals surface area contributed by atoms with Crippen LogP contribution in [-0.4, -0.2) is 45.6 Å². The van der Waals surface area contributed by atoms with E-state index in [9.17, 15) is 0 Å². The molecule has 1 saturated heterocycles. The molecule has 29 heavy (non-hydrogen) atoms. The quantitative estimate of drug-likeness (QED) is 0.724. The lowest BCUT2D eigenvalue weighted by molar-refractivity contribution is -0.183. The highest BCUT2D eigenvalue weighted by Crippen LogP contribution is 2.50. The third-order valence-electron chi connectivity index (χ3n) is 6.24. The zero-order valence-corrected chi connectivity index (χ0v) is 17.0. The Hall–Kier alpha value is -2.37. The standard InChI is InChI=1S/C20H23ClN6O2/c1-12-17(8-27(26-12)15-3-14(4-15)22-2)24-19-23-7-16(21)18(25-19)29-9-13-5-20(6-13)10-28-11-20/h7-8,13-15H,3-6,9-11H2,1H3,(H,23,24,25). The van der Waals surface area contributed by atoms with Crippen molar-refractivity contribution >= 4 is 23.2 Å². The van der Waals surface area contributed by atoms with Crippen LogP contribution in [0, 0.1) is 24.8 Å². The van der Waals surface area contributed by atoms with E-state index in [1.807, 2.05) is 17.8 Å². The highest BCUT2D eigenvalue weighted by molar-refractivity contribution is 6.31. The number of ether oxygens (including phenoxy) is 2. The smallest absolute Gasteiger partial charge is 0.237 e. The largest absolute Gasteiger partial charge is 0.476 e. The summed E-state index contributed by atoms with van der Waals surface area (Å²) in [5.74, 6) is 1.36. The van der Waals surface area contributed by atoms with Gasteiger partial charge < -0.3 is 19.6 Å². The predicted molar refractivity (Wildman–Crippen MR) is 107 cm³/mol. The molecule has 3 heterocycles. The van der Waals surface area contributed by atoms with Crippen molar-refractivity contribution in [2.45, 2.75) is 44.7 Å². The van der Waals surface area contributed by atoms with Gasteiger partial charge in [-0.3, -0.25) is 4.68 Å². The average molecular weight is 415 g/mol. The number of nitrogens with one attached hydrogen (secondary N) is 1. The predicted octanol–water partition coefficient (Wildman–Crippen LogP) is 3.81. The highest BCUT2D eigenvalue weighted by atomic mass is 35.5. The summed E-state index contributed by atoms with van der Waals surface area (Å²) in [4.78, 5) is 12.3. The van der Waals surface area contributed by atoms with E-state index in [4.69, 9.17) is 27.6 Å². The minimum absolute atomic E-state index is 0.127. The van der Waals surface area contributed by atoms with E-state index in [0.29, 0.717) is 40.8 Å². The van der Waals surface area contributed by atoms with E-state index in [2.05, 4.69) is 25.2 Å². The van der Waals surface area contributed by atoms with Crippen LogP contribution in [0.1, 0.15) is 37.4 Å². The van der Waals surface area contributed by atoms with E-state index in [-0.39, 0.29) is 6.04 Å². The Morgan fingerprint density at radius 3 is 2.90 bits per heavy atom. The lowest BCUT2D eigenvalue weighted by Crippen LogP contribution is -2.53. The van der Waals surface area contributed by atoms with Crippen molar-refractivity contribution in [1.82, 2.24) is 19.7 Å². The molecule has 2 aromatic rings. The molecule has 152 valence electrons. The summed E-state index contributed by atoms with van der Waals surface area (Å²) >= 11 is 6.23. The van der Waals surface area contributed by atoms with Gasteiger partial charge in [0.2, 0.25) is 17.9 Å². The fraction of sp³-hybridized carbons (Fsp3) is 0.600. The molecule has 0 unspecified atom stereocenters. The summed E-state index contributed by atoms with van der Waals surface area (Å²) in [6.45, 7) is 11.4. The Bertz CT molecular complexity index is 952. The first-order valence-corrected chi connectivity index (χ1v) is 10.3. The summed E-state index contributed by atoms with van der Waals surface area (Å²) in [7, 11) is 0. The third kappa shape index (κ3) is 3.53. The van der Waals surface area contributed by atoms with Gasteiger partial charge in [0.05, 0.1) is 43.4 Å². The van der Waals surface area contributed by atoms with E-state index < -0.39 is 0 Å². The number of hydrogen-bond acceptors (Lipinski definition) is 6. The topological polar surface area (TPSA) is 78.5 Å². The van der Waals surface area contributed by atoms with Crippen molar-refractivity contribution in [3.05, 3.63) is 34.5 Å². The fourth-order valence-electron chi connectivity index (χ4n) is 4.41. The molecule has 1 aliphatic heterocycles. The molecule has 3 fully saturated rings. The number of aromatic nitrogens is 4. The van der Waals surface area contributed by atoms with Gasteiger partial charge in [0.25, 0.3) is 0 Å². The number of aryl methyl sites for hydroxylation is 1. The van der Waals surface area contributed by atoms with Crippen LogP contribution >= 0.6 is 11.6 Å². The summed E-state index contributed by atoms with van der Waals surface area (Å²) in [5, 5.41) is 8.19. The first-order valence-electron chi connectivity index (χ1n) is 9.96. The maximum Gasteiger partial charge on any atom is 0.237 e. The van der Waals surface area contributed by atoms with E-state index in [0.717, 1.165) is 50.3 Å². The molecule has 0 amide bonds. The van der Waals surface area contributed by atoms with Crippen LogP contribution in [0.4, 0.5) is 11.6 Å². The minimum Gasteiger partial charge on any atom is -0.476 e. The van der Waals surface area contributed by atoms with Crippen molar-refractivity contribution in [3.63, 3.8) is 0 Å². The fourth-order valence-corrected chi connectivity index (χ4v) is 4.56. The molecular weight excluding hydrogens is 392 g/mol. The minimum atomic E-state index is 0.127. The Balaban J connectivity index is 1.21. The molecule has 0 bridgehead atoms. The molecule has 2 saturated carbocycles. The molecule has 9 heteroatoms. The van der Waals surface area contributed by atoms with Gasteiger partial charge in [-0.05, 0) is 25.7 Å². The third-order valence-corrected chi connectivity index (χ3v) is 6.49. The molecule has 5 rings (SSSR count). The summed E-state index contributed by atoms with van der Waals surface area (Å²) in [6.07, 6.45) is 7.51. The molecule has 0 radical (unpaired) electrons. The van der Waals surface area contributed by atoms with Crippen molar-refractivity contribution in [2.24, 2.45) is 11.3 Å². The SMILES string of the molecule is [C-]#[N+]C1CC(n2cc(Nc3ncc(Cl)c(OCC4CC5(COC5)C4)n3)c(C)n2)C1. The molecule has 0 aromatic carbocycles. The second-order valence-corrected chi connectivity index (χ2v) is 8.97. The lowest BCUT2D eigenvalue weighted by Gasteiger charge is -2.53. The molecule has 1 N–H and O–H groups in total. The van der Waals surface area contributed by atoms with Crippen LogP contribution in [0.3, 0.4) is 0 Å². The van der Waals surface area contributed by atoms with Gasteiger partial charge in [-0.25, -0.2) is 11.6 Å². The first kappa shape index (κ1) is 18.6. The number of halogens is 1. The summed E-state index contributed by atoms with van der Waals surface area (Å²) < 4.78 is 13.1. The summed E-state index contributed by atoms with van der Waals surface area (Å²) in [5.41, 5.74) is 2.12. The van der Waals surface area contributed by atoms with Crippen molar-refractivity contribution in [3.8, 4) is 5.88 Å². The van der Waals surface area contributed by atoms with Crippen molar-refractivity contribution in [1.29, 1.82) is 0 Å². The number of nitrogens with zero attached hydrogens (tertiary/aromatic N) is 5. The maximum atomic E-state index is 7.09. The second kappa shape index (κ2) is 7.15. The molecule has 1 spiro atoms. The van der Waals surface area contributed by atoms with Gasteiger partial charge in [-0.15, -0.1) is 0 Å². The van der Waals surface area contributed by atoms with E-state index in [1.165, 1.54) is 0 Å². The normalized spacial score (nSPS) is 24.9. The highest BCUT2D eigenvalue weighted by Gasteiger charge is 2.49. The molecule has 2 aliphatic carbocycles. The van der Waals surface area contributed by atoms with Gasteiger partial charge in [-0.2, -0.15) is 10.1 Å². The number of rotatable bonds is 6. The van der Waals surface area contributed by atoms with E-state index in [1.54, 1.807) is 6.20 Å². The Morgan fingerprint density at radius 2 is 2.21 bits per heavy atom. The Kier molecular flexibility index (Phi) is 4.60. The van der Waals surface area contributed by atoms with Gasteiger partial charge in [0.1, 0.15) is 5.02 Å². The zero-order chi connectivity index (χ0) is 20.0. The van der Waals surface area contributed by atoms with Gasteiger partial charge in [0.15, 0.2) is 0 Å². The van der Waals surface area contributed by atoms with Crippen LogP contribution in [0.2, 0.25) is 5.02 Å². The van der Waals surface area contributed by atoms with Crippen LogP contribution in [-0.2, 0) is 4.74 Å². The van der Waals surface area contributed by atoms with Crippen LogP contribution < -0.4 is 10.1 Å². The van der Waals surface area contributed by atoms with Crippen molar-refractivity contribution in [2.75, 3.05) is 25.1 Å². The van der Waals surface area contributed by atoms with Crippen LogP contribution in [0.25, 0.3) is 4.85 Å². The van der Waals surface area contributed by atoms with Crippen LogP contribution in [0.15, 0.2) is 12.4 Å². The Morgan fingerprint density at radius 1 is 1.41 bits per heavy atom. The molecule has 0 atom stereocenters. The first-order chi connectivity index (χ1) is 14.0. The number of anilines is 2. The maximum absolute atomic E-state index is 7.09. The van der Waals surface area contributed by atoms with Crippen molar-refractivity contribution < 1.29 is 9.47 Å². The van der Waals surface area contributed by atoms with E-state index >= 15 is 0 Å². The van der Waals surface area contributed by atoms with Gasteiger partial charge >= 0.3 is 0 Å². The number of hydrogen-bond donors (Lipinski definition) is 1.